The van der Waals surface area contributed by atoms with Crippen LogP contribution in [-0.2, 0) is 19.1 Å². The van der Waals surface area contributed by atoms with E-state index in [2.05, 4.69) is 5.32 Å². The first kappa shape index (κ1) is 16.5. The van der Waals surface area contributed by atoms with E-state index in [0.717, 1.165) is 6.92 Å². The van der Waals surface area contributed by atoms with Crippen LogP contribution in [0.1, 0.15) is 20.3 Å². The molecule has 1 rings (SSSR count). The number of carbonyl (C=O) groups excluding carboxylic acids is 2. The molecule has 20 heavy (non-hydrogen) atoms. The Bertz CT molecular complexity index is 413. The minimum atomic E-state index is -4.55. The number of alkyl halides is 3. The maximum absolute atomic E-state index is 12.3. The van der Waals surface area contributed by atoms with Crippen LogP contribution in [0.4, 0.5) is 13.2 Å². The second-order valence-electron chi connectivity index (χ2n) is 4.57. The van der Waals surface area contributed by atoms with E-state index in [9.17, 15) is 22.8 Å². The molecule has 0 saturated carbocycles. The Labute approximate surface area is 114 Å². The van der Waals surface area contributed by atoms with Crippen LogP contribution < -0.4 is 5.32 Å². The standard InChI is InChI=1S/C12H16F3NO4/c1-3-20-10(18)5-11(6-19-7-11)16-9(17)4-8(2)12(13,14)15/h4H,3,5-7H2,1-2H3,(H,16,17)/b8-4+. The largest absolute Gasteiger partial charge is 0.466 e. The first-order chi connectivity index (χ1) is 9.18. The lowest BCUT2D eigenvalue weighted by Gasteiger charge is -2.41. The van der Waals surface area contributed by atoms with Crippen molar-refractivity contribution in [2.45, 2.75) is 32.0 Å². The van der Waals surface area contributed by atoms with Gasteiger partial charge in [0.1, 0.15) is 0 Å². The van der Waals surface area contributed by atoms with Gasteiger partial charge in [-0.25, -0.2) is 0 Å². The number of allylic oxidation sites excluding steroid dienone is 1. The van der Waals surface area contributed by atoms with Gasteiger partial charge in [0, 0.05) is 11.6 Å². The zero-order valence-corrected chi connectivity index (χ0v) is 11.2. The molecule has 0 aromatic rings. The zero-order chi connectivity index (χ0) is 15.4. The molecule has 1 amide bonds. The number of amides is 1. The Morgan fingerprint density at radius 3 is 2.40 bits per heavy atom. The van der Waals surface area contributed by atoms with E-state index in [-0.39, 0.29) is 26.2 Å². The fourth-order valence-electron chi connectivity index (χ4n) is 1.63. The van der Waals surface area contributed by atoms with Crippen molar-refractivity contribution >= 4 is 11.9 Å². The Morgan fingerprint density at radius 1 is 1.40 bits per heavy atom. The fraction of sp³-hybridized carbons (Fsp3) is 0.667. The second kappa shape index (κ2) is 6.25. The molecule has 5 nitrogen and oxygen atoms in total. The Kier molecular flexibility index (Phi) is 5.15. The van der Waals surface area contributed by atoms with Gasteiger partial charge >= 0.3 is 12.1 Å². The van der Waals surface area contributed by atoms with E-state index < -0.39 is 29.2 Å². The number of carbonyl (C=O) groups is 2. The summed E-state index contributed by atoms with van der Waals surface area (Å²) in [5.74, 6) is -1.44. The Hall–Kier alpha value is -1.57. The molecule has 0 radical (unpaired) electrons. The molecule has 0 aromatic heterocycles. The molecule has 0 bridgehead atoms. The Balaban J connectivity index is 2.65. The maximum Gasteiger partial charge on any atom is 0.412 e. The third-order valence-corrected chi connectivity index (χ3v) is 2.73. The quantitative estimate of drug-likeness (QED) is 0.614. The highest BCUT2D eigenvalue weighted by Gasteiger charge is 2.42. The van der Waals surface area contributed by atoms with E-state index in [4.69, 9.17) is 9.47 Å². The van der Waals surface area contributed by atoms with Crippen molar-refractivity contribution < 1.29 is 32.2 Å². The summed E-state index contributed by atoms with van der Waals surface area (Å²) in [5, 5.41) is 2.38. The van der Waals surface area contributed by atoms with Gasteiger partial charge in [-0.05, 0) is 13.8 Å². The Morgan fingerprint density at radius 2 is 2.00 bits per heavy atom. The molecular weight excluding hydrogens is 279 g/mol. The molecule has 0 aromatic carbocycles. The summed E-state index contributed by atoms with van der Waals surface area (Å²) in [6, 6.07) is 0. The smallest absolute Gasteiger partial charge is 0.412 e. The molecule has 1 fully saturated rings. The van der Waals surface area contributed by atoms with Crippen molar-refractivity contribution in [3.63, 3.8) is 0 Å². The third kappa shape index (κ3) is 4.52. The number of nitrogens with one attached hydrogen (secondary N) is 1. The van der Waals surface area contributed by atoms with E-state index >= 15 is 0 Å². The molecule has 0 spiro atoms. The maximum atomic E-state index is 12.3. The molecule has 0 aliphatic carbocycles. The van der Waals surface area contributed by atoms with Gasteiger partial charge in [-0.15, -0.1) is 0 Å². The molecule has 0 unspecified atom stereocenters. The summed E-state index contributed by atoms with van der Waals surface area (Å²) < 4.78 is 46.6. The van der Waals surface area contributed by atoms with E-state index in [1.165, 1.54) is 0 Å². The summed E-state index contributed by atoms with van der Waals surface area (Å²) in [6.45, 7) is 2.76. The van der Waals surface area contributed by atoms with Gasteiger partial charge in [-0.1, -0.05) is 0 Å². The van der Waals surface area contributed by atoms with Crippen LogP contribution in [0.5, 0.6) is 0 Å². The lowest BCUT2D eigenvalue weighted by atomic mass is 9.93. The van der Waals surface area contributed by atoms with Crippen molar-refractivity contribution in [3.8, 4) is 0 Å². The fourth-order valence-corrected chi connectivity index (χ4v) is 1.63. The SMILES string of the molecule is CCOC(=O)CC1(NC(=O)/C=C(\C)C(F)(F)F)COC1. The number of rotatable bonds is 5. The monoisotopic (exact) mass is 295 g/mol. The summed E-state index contributed by atoms with van der Waals surface area (Å²) in [5.41, 5.74) is -1.99. The minimum absolute atomic E-state index is 0.0659. The molecule has 1 N–H and O–H groups in total. The van der Waals surface area contributed by atoms with Gasteiger partial charge < -0.3 is 14.8 Å². The molecule has 8 heteroatoms. The van der Waals surface area contributed by atoms with Gasteiger partial charge in [0.2, 0.25) is 5.91 Å². The molecule has 0 atom stereocenters. The van der Waals surface area contributed by atoms with Crippen LogP contribution in [-0.4, -0.2) is 43.4 Å². The van der Waals surface area contributed by atoms with Gasteiger partial charge in [0.15, 0.2) is 0 Å². The minimum Gasteiger partial charge on any atom is -0.466 e. The van der Waals surface area contributed by atoms with Crippen molar-refractivity contribution in [3.05, 3.63) is 11.6 Å². The van der Waals surface area contributed by atoms with Crippen molar-refractivity contribution in [2.75, 3.05) is 19.8 Å². The highest BCUT2D eigenvalue weighted by molar-refractivity contribution is 5.89. The van der Waals surface area contributed by atoms with Crippen LogP contribution in [0, 0.1) is 0 Å². The zero-order valence-electron chi connectivity index (χ0n) is 11.2. The van der Waals surface area contributed by atoms with Crippen LogP contribution in [0.25, 0.3) is 0 Å². The normalized spacial score (nSPS) is 18.1. The van der Waals surface area contributed by atoms with Crippen molar-refractivity contribution in [2.24, 2.45) is 0 Å². The van der Waals surface area contributed by atoms with E-state index in [1.807, 2.05) is 0 Å². The average molecular weight is 295 g/mol. The molecule has 114 valence electrons. The molecule has 1 aliphatic rings. The van der Waals surface area contributed by atoms with E-state index in [0.29, 0.717) is 6.08 Å². The average Bonchev–Trinajstić information content (AvgIpc) is 2.24. The highest BCUT2D eigenvalue weighted by atomic mass is 19.4. The number of hydrogen-bond donors (Lipinski definition) is 1. The molecule has 1 aliphatic heterocycles. The van der Waals surface area contributed by atoms with Crippen molar-refractivity contribution in [1.29, 1.82) is 0 Å². The topological polar surface area (TPSA) is 64.6 Å². The van der Waals surface area contributed by atoms with Crippen LogP contribution >= 0.6 is 0 Å². The van der Waals surface area contributed by atoms with Crippen molar-refractivity contribution in [1.82, 2.24) is 5.32 Å². The van der Waals surface area contributed by atoms with Crippen LogP contribution in [0.15, 0.2) is 11.6 Å². The second-order valence-corrected chi connectivity index (χ2v) is 4.57. The van der Waals surface area contributed by atoms with Gasteiger partial charge in [-0.3, -0.25) is 9.59 Å². The van der Waals surface area contributed by atoms with Gasteiger partial charge in [-0.2, -0.15) is 13.2 Å². The predicted molar refractivity (Wildman–Crippen MR) is 62.8 cm³/mol. The van der Waals surface area contributed by atoms with Gasteiger partial charge in [0.05, 0.1) is 31.8 Å². The number of esters is 1. The third-order valence-electron chi connectivity index (χ3n) is 2.73. The number of ether oxygens (including phenoxy) is 2. The van der Waals surface area contributed by atoms with E-state index in [1.54, 1.807) is 6.92 Å². The first-order valence-corrected chi connectivity index (χ1v) is 5.99. The number of hydrogen-bond acceptors (Lipinski definition) is 4. The lowest BCUT2D eigenvalue weighted by Crippen LogP contribution is -2.63. The van der Waals surface area contributed by atoms with Gasteiger partial charge in [0.25, 0.3) is 0 Å². The van der Waals surface area contributed by atoms with Crippen LogP contribution in [0.3, 0.4) is 0 Å². The molecule has 1 heterocycles. The summed E-state index contributed by atoms with van der Waals surface area (Å²) >= 11 is 0. The first-order valence-electron chi connectivity index (χ1n) is 5.99. The summed E-state index contributed by atoms with van der Waals surface area (Å²) in [6.07, 6.45) is -4.22. The highest BCUT2D eigenvalue weighted by Crippen LogP contribution is 2.25. The summed E-state index contributed by atoms with van der Waals surface area (Å²) in [4.78, 5) is 22.9. The number of halogens is 3. The lowest BCUT2D eigenvalue weighted by molar-refractivity contribution is -0.154. The predicted octanol–water partition coefficient (Wildman–Crippen LogP) is 1.33. The summed E-state index contributed by atoms with van der Waals surface area (Å²) in [7, 11) is 0. The molecule has 1 saturated heterocycles. The van der Waals surface area contributed by atoms with Crippen LogP contribution in [0.2, 0.25) is 0 Å². The molecular formula is C12H16F3NO4.